The van der Waals surface area contributed by atoms with Gasteiger partial charge in [0.25, 0.3) is 0 Å². The van der Waals surface area contributed by atoms with Crippen molar-refractivity contribution in [2.45, 2.75) is 11.3 Å². The number of nitrogen functional groups attached to an aromatic ring is 1. The summed E-state index contributed by atoms with van der Waals surface area (Å²) in [7, 11) is 0. The van der Waals surface area contributed by atoms with Gasteiger partial charge in [-0.05, 0) is 25.1 Å². The van der Waals surface area contributed by atoms with E-state index in [4.69, 9.17) is 17.3 Å². The van der Waals surface area contributed by atoms with Crippen molar-refractivity contribution >= 4 is 52.0 Å². The first-order chi connectivity index (χ1) is 9.04. The number of carbonyl (C=O) groups is 1. The van der Waals surface area contributed by atoms with Crippen molar-refractivity contribution in [2.24, 2.45) is 0 Å². The highest BCUT2D eigenvalue weighted by atomic mass is 35.5. The average Bonchev–Trinajstić information content (AvgIpc) is 2.77. The van der Waals surface area contributed by atoms with Crippen LogP contribution < -0.4 is 11.1 Å². The maximum absolute atomic E-state index is 11.8. The molecule has 1 heterocycles. The van der Waals surface area contributed by atoms with Gasteiger partial charge in [-0.1, -0.05) is 23.4 Å². The van der Waals surface area contributed by atoms with Crippen LogP contribution in [0.4, 0.5) is 11.4 Å². The molecule has 1 amide bonds. The Morgan fingerprint density at radius 2 is 2.37 bits per heavy atom. The van der Waals surface area contributed by atoms with Crippen LogP contribution >= 0.6 is 34.7 Å². The van der Waals surface area contributed by atoms with E-state index in [9.17, 15) is 4.79 Å². The smallest absolute Gasteiger partial charge is 0.234 e. The van der Waals surface area contributed by atoms with E-state index in [-0.39, 0.29) is 5.91 Å². The highest BCUT2D eigenvalue weighted by Crippen LogP contribution is 2.24. The molecule has 19 heavy (non-hydrogen) atoms. The van der Waals surface area contributed by atoms with Crippen LogP contribution in [0.25, 0.3) is 0 Å². The number of nitrogens with zero attached hydrogens (tertiary/aromatic N) is 1. The zero-order valence-corrected chi connectivity index (χ0v) is 12.5. The number of carbonyl (C=O) groups excluding carboxylic acids is 1. The number of thiazole rings is 1. The van der Waals surface area contributed by atoms with Crippen LogP contribution in [0.3, 0.4) is 0 Å². The fourth-order valence-electron chi connectivity index (χ4n) is 1.34. The molecular weight excluding hydrogens is 302 g/mol. The van der Waals surface area contributed by atoms with Gasteiger partial charge in [0, 0.05) is 16.8 Å². The van der Waals surface area contributed by atoms with Gasteiger partial charge in [0.1, 0.15) is 0 Å². The predicted octanol–water partition coefficient (Wildman–Crippen LogP) is 3.42. The Balaban J connectivity index is 1.88. The van der Waals surface area contributed by atoms with E-state index in [2.05, 4.69) is 10.3 Å². The average molecular weight is 314 g/mol. The number of anilines is 2. The standard InChI is InChI=1S/C12H12ClN3OS2/c1-7-5-18-12(15-7)19-6-11(17)16-8-2-3-9(13)10(14)4-8/h2-5H,6,14H2,1H3,(H,16,17). The number of aromatic nitrogens is 1. The number of rotatable bonds is 4. The molecule has 0 spiro atoms. The van der Waals surface area contributed by atoms with Crippen molar-refractivity contribution in [3.63, 3.8) is 0 Å². The fourth-order valence-corrected chi connectivity index (χ4v) is 3.11. The monoisotopic (exact) mass is 313 g/mol. The third-order valence-corrected chi connectivity index (χ3v) is 4.69. The van der Waals surface area contributed by atoms with Crippen LogP contribution in [-0.2, 0) is 4.79 Å². The number of halogens is 1. The largest absolute Gasteiger partial charge is 0.397 e. The summed E-state index contributed by atoms with van der Waals surface area (Å²) in [6.07, 6.45) is 0. The third kappa shape index (κ3) is 4.12. The number of nitrogens with one attached hydrogen (secondary N) is 1. The quantitative estimate of drug-likeness (QED) is 0.670. The molecule has 0 radical (unpaired) electrons. The second kappa shape index (κ2) is 6.27. The molecule has 0 aliphatic rings. The van der Waals surface area contributed by atoms with E-state index in [0.717, 1.165) is 10.0 Å². The number of nitrogens with two attached hydrogens (primary N) is 1. The SMILES string of the molecule is Cc1csc(SCC(=O)Nc2ccc(Cl)c(N)c2)n1. The molecule has 0 atom stereocenters. The molecule has 1 aromatic heterocycles. The molecule has 0 saturated carbocycles. The van der Waals surface area contributed by atoms with Crippen LogP contribution in [-0.4, -0.2) is 16.6 Å². The summed E-state index contributed by atoms with van der Waals surface area (Å²) in [6.45, 7) is 1.93. The van der Waals surface area contributed by atoms with Crippen molar-refractivity contribution in [1.82, 2.24) is 4.98 Å². The summed E-state index contributed by atoms with van der Waals surface area (Å²) in [4.78, 5) is 16.0. The van der Waals surface area contributed by atoms with Gasteiger partial charge >= 0.3 is 0 Å². The number of hydrogen-bond donors (Lipinski definition) is 2. The first kappa shape index (κ1) is 14.2. The van der Waals surface area contributed by atoms with Crippen LogP contribution in [0.15, 0.2) is 27.9 Å². The topological polar surface area (TPSA) is 68.0 Å². The van der Waals surface area contributed by atoms with Crippen LogP contribution in [0, 0.1) is 6.92 Å². The van der Waals surface area contributed by atoms with Gasteiger partial charge in [0.15, 0.2) is 4.34 Å². The minimum atomic E-state index is -0.0976. The van der Waals surface area contributed by atoms with Crippen molar-refractivity contribution < 1.29 is 4.79 Å². The molecule has 0 aliphatic heterocycles. The molecule has 100 valence electrons. The van der Waals surface area contributed by atoms with E-state index in [1.54, 1.807) is 18.2 Å². The molecule has 0 unspecified atom stereocenters. The lowest BCUT2D eigenvalue weighted by molar-refractivity contribution is -0.113. The second-order valence-corrected chi connectivity index (χ2v) is 6.32. The van der Waals surface area contributed by atoms with Crippen molar-refractivity contribution in [3.05, 3.63) is 34.3 Å². The van der Waals surface area contributed by atoms with E-state index >= 15 is 0 Å². The third-order valence-electron chi connectivity index (χ3n) is 2.20. The van der Waals surface area contributed by atoms with Gasteiger partial charge in [0.05, 0.1) is 16.5 Å². The molecule has 1 aromatic carbocycles. The number of thioether (sulfide) groups is 1. The number of hydrogen-bond acceptors (Lipinski definition) is 5. The Morgan fingerprint density at radius 3 is 3.00 bits per heavy atom. The van der Waals surface area contributed by atoms with Gasteiger partial charge in [-0.3, -0.25) is 4.79 Å². The molecule has 0 bridgehead atoms. The summed E-state index contributed by atoms with van der Waals surface area (Å²) in [5.74, 6) is 0.217. The lowest BCUT2D eigenvalue weighted by Gasteiger charge is -2.06. The Hall–Kier alpha value is -1.24. The summed E-state index contributed by atoms with van der Waals surface area (Å²) in [6, 6.07) is 5.01. The minimum absolute atomic E-state index is 0.0976. The molecule has 7 heteroatoms. The molecule has 0 fully saturated rings. The lowest BCUT2D eigenvalue weighted by atomic mass is 10.3. The Labute approximate surface area is 124 Å². The molecule has 3 N–H and O–H groups in total. The van der Waals surface area contributed by atoms with Gasteiger partial charge in [-0.2, -0.15) is 0 Å². The summed E-state index contributed by atoms with van der Waals surface area (Å²) in [5, 5.41) is 5.20. The first-order valence-corrected chi connectivity index (χ1v) is 7.69. The molecule has 2 aromatic rings. The number of amides is 1. The van der Waals surface area contributed by atoms with Crippen LogP contribution in [0.5, 0.6) is 0 Å². The zero-order chi connectivity index (χ0) is 13.8. The predicted molar refractivity (Wildman–Crippen MR) is 82.1 cm³/mol. The van der Waals surface area contributed by atoms with Crippen molar-refractivity contribution in [3.8, 4) is 0 Å². The normalized spacial score (nSPS) is 10.4. The maximum Gasteiger partial charge on any atom is 0.234 e. The van der Waals surface area contributed by atoms with Crippen molar-refractivity contribution in [2.75, 3.05) is 16.8 Å². The zero-order valence-electron chi connectivity index (χ0n) is 10.1. The Bertz CT molecular complexity index is 600. The summed E-state index contributed by atoms with van der Waals surface area (Å²) in [5.41, 5.74) is 7.73. The van der Waals surface area contributed by atoms with Gasteiger partial charge < -0.3 is 11.1 Å². The molecule has 2 rings (SSSR count). The van der Waals surface area contributed by atoms with Crippen LogP contribution in [0.1, 0.15) is 5.69 Å². The van der Waals surface area contributed by atoms with E-state index in [1.165, 1.54) is 23.1 Å². The highest BCUT2D eigenvalue weighted by molar-refractivity contribution is 8.01. The molecule has 0 saturated heterocycles. The Kier molecular flexibility index (Phi) is 4.68. The molecular formula is C12H12ClN3OS2. The highest BCUT2D eigenvalue weighted by Gasteiger charge is 2.07. The number of aryl methyl sites for hydroxylation is 1. The summed E-state index contributed by atoms with van der Waals surface area (Å²) < 4.78 is 0.892. The van der Waals surface area contributed by atoms with Gasteiger partial charge in [-0.25, -0.2) is 4.98 Å². The van der Waals surface area contributed by atoms with E-state index < -0.39 is 0 Å². The van der Waals surface area contributed by atoms with E-state index in [0.29, 0.717) is 22.2 Å². The summed E-state index contributed by atoms with van der Waals surface area (Å²) >= 11 is 8.76. The van der Waals surface area contributed by atoms with Gasteiger partial charge in [-0.15, -0.1) is 11.3 Å². The van der Waals surface area contributed by atoms with E-state index in [1.807, 2.05) is 12.3 Å². The Morgan fingerprint density at radius 1 is 1.58 bits per heavy atom. The maximum atomic E-state index is 11.8. The first-order valence-electron chi connectivity index (χ1n) is 5.44. The molecule has 4 nitrogen and oxygen atoms in total. The van der Waals surface area contributed by atoms with Crippen LogP contribution in [0.2, 0.25) is 5.02 Å². The van der Waals surface area contributed by atoms with Crippen molar-refractivity contribution in [1.29, 1.82) is 0 Å². The molecule has 0 aliphatic carbocycles. The fraction of sp³-hybridized carbons (Fsp3) is 0.167. The van der Waals surface area contributed by atoms with Gasteiger partial charge in [0.2, 0.25) is 5.91 Å². The number of benzene rings is 1. The second-order valence-electron chi connectivity index (χ2n) is 3.83. The lowest BCUT2D eigenvalue weighted by Crippen LogP contribution is -2.14. The minimum Gasteiger partial charge on any atom is -0.397 e.